The van der Waals surface area contributed by atoms with Crippen molar-refractivity contribution in [2.75, 3.05) is 34.9 Å². The maximum atomic E-state index is 12.1. The van der Waals surface area contributed by atoms with E-state index in [1.165, 1.54) is 24.5 Å². The molecule has 2 aromatic carbocycles. The number of fused-ring (bicyclic) bond motifs is 4. The van der Waals surface area contributed by atoms with E-state index in [1.54, 1.807) is 33.7 Å². The zero-order chi connectivity index (χ0) is 41.4. The molecule has 0 saturated heterocycles. The second kappa shape index (κ2) is 22.9. The number of aliphatic hydroxyl groups excluding tert-OH is 3. The Bertz CT molecular complexity index is 2200. The first-order chi connectivity index (χ1) is 27.2. The molecule has 6 heterocycles. The van der Waals surface area contributed by atoms with E-state index in [1.807, 2.05) is 50.2 Å². The number of carboxylic acid groups (broad SMARTS) is 2. The number of carboxylic acids is 2. The summed E-state index contributed by atoms with van der Waals surface area (Å²) in [5.74, 6) is -0.963. The van der Waals surface area contributed by atoms with Gasteiger partial charge in [0.05, 0.1) is 56.3 Å². The molecule has 18 heteroatoms. The van der Waals surface area contributed by atoms with Gasteiger partial charge in [0, 0.05) is 71.3 Å². The van der Waals surface area contributed by atoms with Crippen molar-refractivity contribution < 1.29 is 70.8 Å². The van der Waals surface area contributed by atoms with Crippen molar-refractivity contribution >= 4 is 33.7 Å². The van der Waals surface area contributed by atoms with Gasteiger partial charge in [-0.15, -0.1) is 0 Å². The van der Waals surface area contributed by atoms with Crippen molar-refractivity contribution in [2.24, 2.45) is 0 Å². The maximum absolute atomic E-state index is 12.1. The van der Waals surface area contributed by atoms with Gasteiger partial charge in [-0.3, -0.25) is 19.6 Å². The molecule has 0 amide bonds. The molecule has 57 heavy (non-hydrogen) atoms. The summed E-state index contributed by atoms with van der Waals surface area (Å²) in [6.45, 7) is 4.95. The molecule has 2 aliphatic rings. The third-order valence-corrected chi connectivity index (χ3v) is 7.86. The zero-order valence-corrected chi connectivity index (χ0v) is 32.5. The number of aromatic carboxylic acids is 2. The van der Waals surface area contributed by atoms with Gasteiger partial charge in [-0.2, -0.15) is 0 Å². The Kier molecular flexibility index (Phi) is 18.8. The number of hydrogen-bond donors (Lipinski definition) is 3. The van der Waals surface area contributed by atoms with Gasteiger partial charge in [-0.25, -0.2) is 0 Å². The molecule has 0 aliphatic carbocycles. The van der Waals surface area contributed by atoms with E-state index in [0.29, 0.717) is 47.1 Å². The molecule has 303 valence electrons. The summed E-state index contributed by atoms with van der Waals surface area (Å²) >= 11 is 0. The van der Waals surface area contributed by atoms with Crippen LogP contribution in [0.1, 0.15) is 34.6 Å². The average molecular weight is 832 g/mol. The summed E-state index contributed by atoms with van der Waals surface area (Å²) in [6, 6.07) is 18.0. The monoisotopic (exact) mass is 831 g/mol. The van der Waals surface area contributed by atoms with E-state index < -0.39 is 22.8 Å². The Morgan fingerprint density at radius 2 is 0.947 bits per heavy atom. The predicted octanol–water partition coefficient (Wildman–Crippen LogP) is 1.19. The fraction of sp³-hybridized carbons (Fsp3) is 0.231. The van der Waals surface area contributed by atoms with Crippen molar-refractivity contribution in [3.63, 3.8) is 0 Å². The summed E-state index contributed by atoms with van der Waals surface area (Å²) in [5.41, 5.74) is 1.21. The fourth-order valence-electron chi connectivity index (χ4n) is 5.40. The summed E-state index contributed by atoms with van der Waals surface area (Å²) < 4.78 is 24.3. The maximum Gasteiger partial charge on any atom is 2.00 e. The third-order valence-electron chi connectivity index (χ3n) is 7.86. The molecule has 0 spiro atoms. The molecule has 0 bridgehead atoms. The van der Waals surface area contributed by atoms with Gasteiger partial charge in [0.2, 0.25) is 13.6 Å². The van der Waals surface area contributed by atoms with Crippen LogP contribution in [0.2, 0.25) is 0 Å². The van der Waals surface area contributed by atoms with Gasteiger partial charge in [0.25, 0.3) is 0 Å². The minimum atomic E-state index is -1.48. The standard InChI is InChI=1S/2C13H11NO5.C10H8N2.3CH4O.Co/c2*1-2-14-5-8(13(16)17)12(15)7-3-10-11(4-9(7)14)19-6-18-10;1-3-7-11-9(5-1)10-6-2-4-8-12-10;3*1-2;/h2*3-5H,2,6H2,1H3,(H,16,17);1-8H;3*2H,1H3;/q;;;;;;+2/p-2. The van der Waals surface area contributed by atoms with Crippen LogP contribution in [0.4, 0.5) is 0 Å². The van der Waals surface area contributed by atoms with Crippen LogP contribution in [0.5, 0.6) is 23.0 Å². The second-order valence-electron chi connectivity index (χ2n) is 10.8. The number of rotatable bonds is 5. The molecule has 2 aliphatic heterocycles. The smallest absolute Gasteiger partial charge is 0.545 e. The Balaban J connectivity index is 0.000000280. The minimum absolute atomic E-state index is 0. The van der Waals surface area contributed by atoms with E-state index in [2.05, 4.69) is 9.97 Å². The Hall–Kier alpha value is -6.31. The van der Waals surface area contributed by atoms with Gasteiger partial charge in [-0.05, 0) is 50.2 Å². The second-order valence-corrected chi connectivity index (χ2v) is 10.8. The molecule has 17 nitrogen and oxygen atoms in total. The number of carbonyl (C=O) groups excluding carboxylic acids is 2. The first-order valence-electron chi connectivity index (χ1n) is 16.7. The number of aromatic nitrogens is 4. The average Bonchev–Trinajstić information content (AvgIpc) is 3.92. The van der Waals surface area contributed by atoms with Crippen molar-refractivity contribution in [1.29, 1.82) is 0 Å². The summed E-state index contributed by atoms with van der Waals surface area (Å²) in [7, 11) is 3.00. The quantitative estimate of drug-likeness (QED) is 0.221. The van der Waals surface area contributed by atoms with Crippen LogP contribution in [-0.4, -0.2) is 81.3 Å². The first kappa shape index (κ1) is 46.8. The largest absolute Gasteiger partial charge is 2.00 e. The normalized spacial score (nSPS) is 10.9. The number of carbonyl (C=O) groups is 2. The van der Waals surface area contributed by atoms with E-state index in [-0.39, 0.29) is 52.3 Å². The van der Waals surface area contributed by atoms with Gasteiger partial charge in [0.15, 0.2) is 33.9 Å². The van der Waals surface area contributed by atoms with Crippen molar-refractivity contribution in [2.45, 2.75) is 26.9 Å². The molecule has 0 fully saturated rings. The van der Waals surface area contributed by atoms with Gasteiger partial charge >= 0.3 is 16.8 Å². The van der Waals surface area contributed by atoms with Gasteiger partial charge in [-0.1, -0.05) is 12.1 Å². The number of pyridine rings is 4. The molecule has 0 atom stereocenters. The van der Waals surface area contributed by atoms with Crippen molar-refractivity contribution in [1.82, 2.24) is 19.1 Å². The predicted molar refractivity (Wildman–Crippen MR) is 201 cm³/mol. The zero-order valence-electron chi connectivity index (χ0n) is 31.5. The number of hydrogen-bond acceptors (Lipinski definition) is 15. The topological polar surface area (TPSA) is 248 Å². The number of benzene rings is 2. The Morgan fingerprint density at radius 1 is 0.614 bits per heavy atom. The summed E-state index contributed by atoms with van der Waals surface area (Å²) in [6.07, 6.45) is 6.12. The van der Waals surface area contributed by atoms with Crippen LogP contribution in [-0.2, 0) is 29.9 Å². The van der Waals surface area contributed by atoms with E-state index in [9.17, 15) is 29.4 Å². The molecule has 0 saturated carbocycles. The number of ether oxygens (including phenoxy) is 4. The Labute approximate surface area is 336 Å². The van der Waals surface area contributed by atoms with E-state index in [0.717, 1.165) is 32.7 Å². The summed E-state index contributed by atoms with van der Waals surface area (Å²) in [5, 5.41) is 43.5. The molecule has 4 aromatic heterocycles. The van der Waals surface area contributed by atoms with Crippen LogP contribution in [0, 0.1) is 0 Å². The first-order valence-corrected chi connectivity index (χ1v) is 16.7. The SMILES string of the molecule is CCn1cc(C(=O)[O-])c(=O)c2cc3c(cc21)OCO3.CCn1cc(C(=O)[O-])c(=O)c2cc3c(cc21)OCO3.CO.CO.CO.[Co+2].c1ccc(-c2ccccn2)nc1. The molecule has 1 radical (unpaired) electrons. The van der Waals surface area contributed by atoms with Crippen LogP contribution < -0.4 is 40.0 Å². The molecule has 8 rings (SSSR count). The molecule has 3 N–H and O–H groups in total. The third kappa shape index (κ3) is 10.9. The molecular weight excluding hydrogens is 791 g/mol. The van der Waals surface area contributed by atoms with Crippen LogP contribution in [0.25, 0.3) is 33.2 Å². The van der Waals surface area contributed by atoms with Crippen LogP contribution >= 0.6 is 0 Å². The van der Waals surface area contributed by atoms with Gasteiger partial charge < -0.3 is 63.2 Å². The molecule has 6 aromatic rings. The number of nitrogens with zero attached hydrogens (tertiary/aromatic N) is 4. The number of aliphatic hydroxyl groups is 3. The fourth-order valence-corrected chi connectivity index (χ4v) is 5.40. The minimum Gasteiger partial charge on any atom is -0.545 e. The van der Waals surface area contributed by atoms with E-state index >= 15 is 0 Å². The number of aryl methyl sites for hydroxylation is 2. The van der Waals surface area contributed by atoms with Crippen molar-refractivity contribution in [3.8, 4) is 34.4 Å². The van der Waals surface area contributed by atoms with E-state index in [4.69, 9.17) is 34.3 Å². The van der Waals surface area contributed by atoms with Crippen LogP contribution in [0.3, 0.4) is 0 Å². The molecule has 0 unspecified atom stereocenters. The van der Waals surface area contributed by atoms with Crippen molar-refractivity contribution in [3.05, 3.63) is 117 Å². The Morgan fingerprint density at radius 3 is 1.23 bits per heavy atom. The summed E-state index contributed by atoms with van der Waals surface area (Å²) in [4.78, 5) is 54.6. The van der Waals surface area contributed by atoms with Crippen LogP contribution in [0.15, 0.2) is 95.0 Å². The van der Waals surface area contributed by atoms with Gasteiger partial charge in [0.1, 0.15) is 0 Å². The molecular formula is C39H40CoN4O13.